The van der Waals surface area contributed by atoms with E-state index in [0.29, 0.717) is 44.8 Å². The smallest absolute Gasteiger partial charge is 0.258 e. The van der Waals surface area contributed by atoms with E-state index in [0.717, 1.165) is 0 Å². The predicted molar refractivity (Wildman–Crippen MR) is 105 cm³/mol. The van der Waals surface area contributed by atoms with E-state index in [1.165, 1.54) is 4.90 Å². The third-order valence-electron chi connectivity index (χ3n) is 4.61. The van der Waals surface area contributed by atoms with Crippen LogP contribution >= 0.6 is 11.6 Å². The molecule has 1 N–H and O–H groups in total. The Morgan fingerprint density at radius 3 is 2.82 bits per heavy atom. The zero-order chi connectivity index (χ0) is 19.8. The van der Waals surface area contributed by atoms with Gasteiger partial charge >= 0.3 is 0 Å². The Morgan fingerprint density at radius 1 is 1.25 bits per heavy atom. The van der Waals surface area contributed by atoms with Crippen molar-refractivity contribution in [2.24, 2.45) is 0 Å². The molecule has 1 aliphatic rings. The fourth-order valence-corrected chi connectivity index (χ4v) is 3.26. The molecule has 4 rings (SSSR count). The van der Waals surface area contributed by atoms with Crippen LogP contribution in [0.3, 0.4) is 0 Å². The van der Waals surface area contributed by atoms with Crippen LogP contribution in [0, 0.1) is 6.92 Å². The quantitative estimate of drug-likeness (QED) is 0.728. The van der Waals surface area contributed by atoms with E-state index in [1.54, 1.807) is 61.1 Å². The summed E-state index contributed by atoms with van der Waals surface area (Å²) < 4.78 is 12.2. The summed E-state index contributed by atoms with van der Waals surface area (Å²) in [6.07, 6.45) is 0. The summed E-state index contributed by atoms with van der Waals surface area (Å²) in [6, 6.07) is 12.4. The zero-order valence-electron chi connectivity index (χ0n) is 15.3. The van der Waals surface area contributed by atoms with Gasteiger partial charge in [-0.15, -0.1) is 0 Å². The van der Waals surface area contributed by atoms with E-state index in [4.69, 9.17) is 21.1 Å². The molecule has 0 saturated carbocycles. The first-order valence-corrected chi connectivity index (χ1v) is 9.00. The van der Waals surface area contributed by atoms with Crippen molar-refractivity contribution in [1.29, 1.82) is 0 Å². The van der Waals surface area contributed by atoms with Gasteiger partial charge in [-0.2, -0.15) is 5.10 Å². The largest absolute Gasteiger partial charge is 0.454 e. The molecule has 7 nitrogen and oxygen atoms in total. The van der Waals surface area contributed by atoms with Crippen molar-refractivity contribution in [3.05, 3.63) is 64.4 Å². The number of halogens is 1. The Hall–Kier alpha value is -3.03. The Kier molecular flexibility index (Phi) is 4.70. The van der Waals surface area contributed by atoms with Gasteiger partial charge in [0, 0.05) is 24.4 Å². The van der Waals surface area contributed by atoms with Crippen molar-refractivity contribution < 1.29 is 19.4 Å². The fourth-order valence-electron chi connectivity index (χ4n) is 3.08. The van der Waals surface area contributed by atoms with Gasteiger partial charge in [-0.3, -0.25) is 4.79 Å². The Labute approximate surface area is 166 Å². The van der Waals surface area contributed by atoms with E-state index in [1.807, 2.05) is 0 Å². The van der Waals surface area contributed by atoms with Crippen LogP contribution in [0.2, 0.25) is 5.02 Å². The molecule has 8 heteroatoms. The maximum absolute atomic E-state index is 13.0. The number of aromatic nitrogens is 2. The third-order valence-corrected chi connectivity index (χ3v) is 5.10. The maximum atomic E-state index is 13.0. The van der Waals surface area contributed by atoms with Gasteiger partial charge in [-0.25, -0.2) is 4.68 Å². The molecule has 0 spiro atoms. The number of aliphatic hydroxyl groups is 1. The highest BCUT2D eigenvalue weighted by Crippen LogP contribution is 2.35. The number of anilines is 1. The molecule has 2 aromatic carbocycles. The van der Waals surface area contributed by atoms with Crippen molar-refractivity contribution in [3.63, 3.8) is 0 Å². The van der Waals surface area contributed by atoms with Crippen LogP contribution in [0.5, 0.6) is 11.5 Å². The summed E-state index contributed by atoms with van der Waals surface area (Å²) in [4.78, 5) is 14.5. The lowest BCUT2D eigenvalue weighted by atomic mass is 10.1. The number of amides is 1. The second-order valence-electron chi connectivity index (χ2n) is 6.37. The molecule has 0 bridgehead atoms. The van der Waals surface area contributed by atoms with Gasteiger partial charge in [0.25, 0.3) is 5.91 Å². The van der Waals surface area contributed by atoms with Crippen LogP contribution in [0.15, 0.2) is 42.5 Å². The van der Waals surface area contributed by atoms with E-state index in [2.05, 4.69) is 5.10 Å². The zero-order valence-corrected chi connectivity index (χ0v) is 16.1. The van der Waals surface area contributed by atoms with Crippen molar-refractivity contribution in [3.8, 4) is 17.2 Å². The van der Waals surface area contributed by atoms with Crippen LogP contribution in [0.1, 0.15) is 21.7 Å². The van der Waals surface area contributed by atoms with Gasteiger partial charge < -0.3 is 19.5 Å². The first kappa shape index (κ1) is 18.3. The van der Waals surface area contributed by atoms with E-state index in [-0.39, 0.29) is 19.3 Å². The van der Waals surface area contributed by atoms with Crippen molar-refractivity contribution >= 4 is 23.2 Å². The van der Waals surface area contributed by atoms with E-state index in [9.17, 15) is 9.90 Å². The molecule has 0 atom stereocenters. The lowest BCUT2D eigenvalue weighted by molar-refractivity contribution is 0.0993. The molecule has 0 unspecified atom stereocenters. The minimum Gasteiger partial charge on any atom is -0.454 e. The lowest BCUT2D eigenvalue weighted by Gasteiger charge is -2.18. The normalized spacial score (nSPS) is 12.3. The molecule has 2 heterocycles. The highest BCUT2D eigenvalue weighted by molar-refractivity contribution is 6.31. The number of hydrogen-bond donors (Lipinski definition) is 1. The van der Waals surface area contributed by atoms with Gasteiger partial charge in [-0.1, -0.05) is 17.7 Å². The van der Waals surface area contributed by atoms with Gasteiger partial charge in [0.15, 0.2) is 11.5 Å². The molecule has 0 fully saturated rings. The second kappa shape index (κ2) is 7.18. The second-order valence-corrected chi connectivity index (χ2v) is 6.75. The minimum absolute atomic E-state index is 0.178. The first-order chi connectivity index (χ1) is 13.5. The standard InChI is InChI=1S/C20H18ClN3O4/c1-12-19(21)16(10-25)24(22-12)15-5-3-4-13(8-15)20(26)23(2)14-6-7-17-18(9-14)28-11-27-17/h3-9,25H,10-11H2,1-2H3. The average molecular weight is 400 g/mol. The molecular weight excluding hydrogens is 382 g/mol. The van der Waals surface area contributed by atoms with Crippen molar-refractivity contribution in [1.82, 2.24) is 9.78 Å². The van der Waals surface area contributed by atoms with Crippen LogP contribution in [-0.4, -0.2) is 34.6 Å². The first-order valence-electron chi connectivity index (χ1n) is 8.62. The van der Waals surface area contributed by atoms with Gasteiger partial charge in [0.2, 0.25) is 6.79 Å². The Morgan fingerprint density at radius 2 is 2.04 bits per heavy atom. The molecule has 0 aliphatic carbocycles. The molecule has 1 amide bonds. The number of nitrogens with zero attached hydrogens (tertiary/aromatic N) is 3. The number of benzene rings is 2. The maximum Gasteiger partial charge on any atom is 0.258 e. The molecule has 28 heavy (non-hydrogen) atoms. The van der Waals surface area contributed by atoms with Crippen LogP contribution in [-0.2, 0) is 6.61 Å². The summed E-state index contributed by atoms with van der Waals surface area (Å²) in [7, 11) is 1.70. The molecule has 0 radical (unpaired) electrons. The minimum atomic E-state index is -0.255. The molecule has 0 saturated heterocycles. The van der Waals surface area contributed by atoms with Crippen molar-refractivity contribution in [2.75, 3.05) is 18.7 Å². The van der Waals surface area contributed by atoms with Gasteiger partial charge in [0.05, 0.1) is 28.7 Å². The summed E-state index contributed by atoms with van der Waals surface area (Å²) >= 11 is 6.20. The molecule has 3 aromatic rings. The average Bonchev–Trinajstić information content (AvgIpc) is 3.30. The van der Waals surface area contributed by atoms with E-state index < -0.39 is 0 Å². The summed E-state index contributed by atoms with van der Waals surface area (Å²) in [5.41, 5.74) is 2.90. The van der Waals surface area contributed by atoms with E-state index >= 15 is 0 Å². The molecule has 144 valence electrons. The van der Waals surface area contributed by atoms with Crippen molar-refractivity contribution in [2.45, 2.75) is 13.5 Å². The molecular formula is C20H18ClN3O4. The summed E-state index contributed by atoms with van der Waals surface area (Å²) in [5.74, 6) is 1.08. The molecule has 1 aromatic heterocycles. The van der Waals surface area contributed by atoms with Crippen LogP contribution in [0.25, 0.3) is 5.69 Å². The molecule has 1 aliphatic heterocycles. The highest BCUT2D eigenvalue weighted by Gasteiger charge is 2.20. The number of aryl methyl sites for hydroxylation is 1. The topological polar surface area (TPSA) is 76.8 Å². The van der Waals surface area contributed by atoms with Gasteiger partial charge in [-0.05, 0) is 37.3 Å². The number of carbonyl (C=O) groups is 1. The number of hydrogen-bond acceptors (Lipinski definition) is 5. The van der Waals surface area contributed by atoms with Crippen LogP contribution < -0.4 is 14.4 Å². The number of ether oxygens (including phenoxy) is 2. The summed E-state index contributed by atoms with van der Waals surface area (Å²) in [6.45, 7) is 1.69. The lowest BCUT2D eigenvalue weighted by Crippen LogP contribution is -2.26. The summed E-state index contributed by atoms with van der Waals surface area (Å²) in [5, 5.41) is 14.4. The monoisotopic (exact) mass is 399 g/mol. The number of aliphatic hydroxyl groups excluding tert-OH is 1. The number of rotatable bonds is 4. The number of fused-ring (bicyclic) bond motifs is 1. The van der Waals surface area contributed by atoms with Crippen LogP contribution in [0.4, 0.5) is 5.69 Å². The SMILES string of the molecule is Cc1nn(-c2cccc(C(=O)N(C)c3ccc4c(c3)OCO4)c2)c(CO)c1Cl. The third kappa shape index (κ3) is 3.08. The number of carbonyl (C=O) groups excluding carboxylic acids is 1. The fraction of sp³-hybridized carbons (Fsp3) is 0.200. The Bertz CT molecular complexity index is 1060. The Balaban J connectivity index is 1.66. The van der Waals surface area contributed by atoms with Gasteiger partial charge in [0.1, 0.15) is 0 Å². The predicted octanol–water partition coefficient (Wildman–Crippen LogP) is 3.33. The highest BCUT2D eigenvalue weighted by atomic mass is 35.5.